The first-order chi connectivity index (χ1) is 13.7. The number of para-hydroxylation sites is 1. The molecule has 3 aromatic rings. The first kappa shape index (κ1) is 19.3. The zero-order valence-corrected chi connectivity index (χ0v) is 17.7. The van der Waals surface area contributed by atoms with Gasteiger partial charge in [0.25, 0.3) is 0 Å². The maximum absolute atomic E-state index is 12.1. The van der Waals surface area contributed by atoms with Crippen LogP contribution in [0.5, 0.6) is 0 Å². The maximum Gasteiger partial charge on any atom is 0.223 e. The van der Waals surface area contributed by atoms with Gasteiger partial charge >= 0.3 is 0 Å². The predicted octanol–water partition coefficient (Wildman–Crippen LogP) is 5.50. The van der Waals surface area contributed by atoms with Gasteiger partial charge < -0.3 is 9.88 Å². The molecule has 4 rings (SSSR count). The van der Waals surface area contributed by atoms with Gasteiger partial charge in [0.05, 0.1) is 0 Å². The van der Waals surface area contributed by atoms with Crippen LogP contribution >= 0.6 is 15.9 Å². The monoisotopic (exact) mass is 438 g/mol. The van der Waals surface area contributed by atoms with Gasteiger partial charge in [0.15, 0.2) is 0 Å². The Morgan fingerprint density at radius 2 is 1.82 bits per heavy atom. The number of aromatic nitrogens is 1. The van der Waals surface area contributed by atoms with E-state index in [0.717, 1.165) is 45.2 Å². The first-order valence-corrected chi connectivity index (χ1v) is 11.1. The molecule has 0 atom stereocenters. The number of aryl methyl sites for hydroxylation is 2. The average Bonchev–Trinajstić information content (AvgIpc) is 3.00. The minimum absolute atomic E-state index is 0.239. The zero-order chi connectivity index (χ0) is 19.3. The van der Waals surface area contributed by atoms with Gasteiger partial charge in [-0.25, -0.2) is 0 Å². The van der Waals surface area contributed by atoms with Gasteiger partial charge in [-0.2, -0.15) is 0 Å². The molecule has 0 unspecified atom stereocenters. The van der Waals surface area contributed by atoms with Crippen LogP contribution in [0.2, 0.25) is 0 Å². The Kier molecular flexibility index (Phi) is 6.16. The van der Waals surface area contributed by atoms with Gasteiger partial charge in [-0.1, -0.05) is 58.7 Å². The van der Waals surface area contributed by atoms with Crippen molar-refractivity contribution < 1.29 is 4.79 Å². The van der Waals surface area contributed by atoms with E-state index in [1.807, 2.05) is 0 Å². The van der Waals surface area contributed by atoms with Gasteiger partial charge in [0.2, 0.25) is 5.91 Å². The summed E-state index contributed by atoms with van der Waals surface area (Å²) >= 11 is 3.64. The van der Waals surface area contributed by atoms with Crippen LogP contribution < -0.4 is 5.32 Å². The Morgan fingerprint density at radius 3 is 2.61 bits per heavy atom. The highest BCUT2D eigenvalue weighted by atomic mass is 79.9. The van der Waals surface area contributed by atoms with Crippen molar-refractivity contribution in [2.45, 2.75) is 45.1 Å². The Hall–Kier alpha value is -2.07. The molecule has 1 N–H and O–H groups in total. The second-order valence-corrected chi connectivity index (χ2v) is 8.58. The summed E-state index contributed by atoms with van der Waals surface area (Å²) in [5.74, 6) is 0.502. The van der Waals surface area contributed by atoms with Crippen LogP contribution in [0.25, 0.3) is 10.9 Å². The lowest BCUT2D eigenvalue weighted by molar-refractivity contribution is -0.127. The number of nitrogens with one attached hydrogen (secondary N) is 1. The lowest BCUT2D eigenvalue weighted by Crippen LogP contribution is -2.35. The largest absolute Gasteiger partial charge is 0.356 e. The number of carbonyl (C=O) groups is 1. The third-order valence-electron chi connectivity index (χ3n) is 5.84. The summed E-state index contributed by atoms with van der Waals surface area (Å²) in [5, 5.41) is 4.43. The lowest BCUT2D eigenvalue weighted by Gasteiger charge is -2.23. The quantitative estimate of drug-likeness (QED) is 0.495. The summed E-state index contributed by atoms with van der Waals surface area (Å²) in [4.78, 5) is 12.1. The van der Waals surface area contributed by atoms with Gasteiger partial charge in [0.1, 0.15) is 0 Å². The fourth-order valence-electron chi connectivity index (χ4n) is 3.98. The second kappa shape index (κ2) is 8.95. The smallest absolute Gasteiger partial charge is 0.223 e. The summed E-state index contributed by atoms with van der Waals surface area (Å²) < 4.78 is 3.56. The SMILES string of the molecule is O=C(NCCc1cn(CCCc2ccccc2Br)c2ccccc12)C1CCC1. The minimum atomic E-state index is 0.239. The number of hydrogen-bond acceptors (Lipinski definition) is 1. The number of benzene rings is 2. The Morgan fingerprint density at radius 1 is 1.04 bits per heavy atom. The summed E-state index contributed by atoms with van der Waals surface area (Å²) in [6.45, 7) is 1.72. The normalized spacial score (nSPS) is 14.2. The molecule has 28 heavy (non-hydrogen) atoms. The highest BCUT2D eigenvalue weighted by Gasteiger charge is 2.24. The van der Waals surface area contributed by atoms with Crippen LogP contribution in [0.3, 0.4) is 0 Å². The first-order valence-electron chi connectivity index (χ1n) is 10.3. The number of hydrogen-bond donors (Lipinski definition) is 1. The maximum atomic E-state index is 12.1. The molecule has 3 nitrogen and oxygen atoms in total. The number of fused-ring (bicyclic) bond motifs is 1. The van der Waals surface area contributed by atoms with Crippen molar-refractivity contribution >= 4 is 32.7 Å². The molecule has 0 saturated heterocycles. The molecule has 4 heteroatoms. The number of halogens is 1. The van der Waals surface area contributed by atoms with E-state index in [9.17, 15) is 4.79 Å². The minimum Gasteiger partial charge on any atom is -0.356 e. The molecule has 1 aliphatic carbocycles. The summed E-state index contributed by atoms with van der Waals surface area (Å²) in [6, 6.07) is 17.1. The highest BCUT2D eigenvalue weighted by molar-refractivity contribution is 9.10. The average molecular weight is 439 g/mol. The van der Waals surface area contributed by atoms with Crippen LogP contribution in [0, 0.1) is 5.92 Å². The fraction of sp³-hybridized carbons (Fsp3) is 0.375. The number of carbonyl (C=O) groups excluding carboxylic acids is 1. The molecule has 0 spiro atoms. The Balaban J connectivity index is 1.39. The van der Waals surface area contributed by atoms with Crippen LogP contribution in [0.15, 0.2) is 59.2 Å². The van der Waals surface area contributed by atoms with Crippen molar-refractivity contribution in [1.29, 1.82) is 0 Å². The molecule has 1 saturated carbocycles. The van der Waals surface area contributed by atoms with Crippen molar-refractivity contribution in [3.63, 3.8) is 0 Å². The number of amides is 1. The third kappa shape index (κ3) is 4.33. The summed E-state index contributed by atoms with van der Waals surface area (Å²) in [6.07, 6.45) is 8.63. The molecular formula is C24H27BrN2O. The second-order valence-electron chi connectivity index (χ2n) is 7.73. The van der Waals surface area contributed by atoms with Crippen molar-refractivity contribution in [3.8, 4) is 0 Å². The topological polar surface area (TPSA) is 34.0 Å². The standard InChI is InChI=1S/C24H27BrN2O/c25-22-12-3-1-7-18(22)10-6-16-27-17-20(21-11-2-4-13-23(21)27)14-15-26-24(28)19-8-5-9-19/h1-4,7,11-13,17,19H,5-6,8-10,14-16H2,(H,26,28). The number of nitrogens with zero attached hydrogens (tertiary/aromatic N) is 1. The van der Waals surface area contributed by atoms with Gasteiger partial charge in [0, 0.05) is 40.6 Å². The van der Waals surface area contributed by atoms with E-state index in [2.05, 4.69) is 80.5 Å². The van der Waals surface area contributed by atoms with Crippen LogP contribution in [-0.4, -0.2) is 17.0 Å². The van der Waals surface area contributed by atoms with E-state index in [0.29, 0.717) is 0 Å². The van der Waals surface area contributed by atoms with E-state index in [1.54, 1.807) is 0 Å². The zero-order valence-electron chi connectivity index (χ0n) is 16.2. The molecule has 146 valence electrons. The van der Waals surface area contributed by atoms with E-state index < -0.39 is 0 Å². The number of rotatable bonds is 8. The predicted molar refractivity (Wildman–Crippen MR) is 118 cm³/mol. The highest BCUT2D eigenvalue weighted by Crippen LogP contribution is 2.26. The van der Waals surface area contributed by atoms with Crippen molar-refractivity contribution in [2.24, 2.45) is 5.92 Å². The van der Waals surface area contributed by atoms with E-state index in [1.165, 1.54) is 32.9 Å². The van der Waals surface area contributed by atoms with Crippen molar-refractivity contribution in [3.05, 3.63) is 70.3 Å². The molecule has 0 bridgehead atoms. The Labute approximate surface area is 175 Å². The lowest BCUT2D eigenvalue weighted by atomic mass is 9.85. The molecule has 1 heterocycles. The molecule has 1 amide bonds. The summed E-state index contributed by atoms with van der Waals surface area (Å²) in [7, 11) is 0. The van der Waals surface area contributed by atoms with Crippen LogP contribution in [-0.2, 0) is 24.2 Å². The van der Waals surface area contributed by atoms with Crippen LogP contribution in [0.4, 0.5) is 0 Å². The Bertz CT molecular complexity index is 958. The molecular weight excluding hydrogens is 412 g/mol. The van der Waals surface area contributed by atoms with Crippen molar-refractivity contribution in [1.82, 2.24) is 9.88 Å². The van der Waals surface area contributed by atoms with Crippen molar-refractivity contribution in [2.75, 3.05) is 6.54 Å². The van der Waals surface area contributed by atoms with E-state index >= 15 is 0 Å². The molecule has 0 aliphatic heterocycles. The van der Waals surface area contributed by atoms with Gasteiger partial charge in [-0.05, 0) is 55.4 Å². The van der Waals surface area contributed by atoms with Gasteiger partial charge in [-0.3, -0.25) is 4.79 Å². The molecule has 1 aromatic heterocycles. The molecule has 2 aromatic carbocycles. The molecule has 0 radical (unpaired) electrons. The van der Waals surface area contributed by atoms with E-state index in [-0.39, 0.29) is 11.8 Å². The summed E-state index contributed by atoms with van der Waals surface area (Å²) in [5.41, 5.74) is 3.97. The fourth-order valence-corrected chi connectivity index (χ4v) is 4.47. The molecule has 1 aliphatic rings. The van der Waals surface area contributed by atoms with Gasteiger partial charge in [-0.15, -0.1) is 0 Å². The third-order valence-corrected chi connectivity index (χ3v) is 6.62. The van der Waals surface area contributed by atoms with Crippen LogP contribution in [0.1, 0.15) is 36.8 Å². The van der Waals surface area contributed by atoms with E-state index in [4.69, 9.17) is 0 Å². The molecule has 1 fully saturated rings.